The van der Waals surface area contributed by atoms with E-state index in [-0.39, 0.29) is 5.91 Å². The molecule has 0 atom stereocenters. The molecule has 0 bridgehead atoms. The van der Waals surface area contributed by atoms with Crippen molar-refractivity contribution in [1.82, 2.24) is 20.1 Å². The second-order valence-electron chi connectivity index (χ2n) is 7.20. The smallest absolute Gasteiger partial charge is 0.251 e. The van der Waals surface area contributed by atoms with Crippen LogP contribution in [0.25, 0.3) is 5.69 Å². The van der Waals surface area contributed by atoms with E-state index >= 15 is 0 Å². The number of nitrogens with zero attached hydrogens (tertiary/aromatic N) is 3. The number of hydrogen-bond acceptors (Lipinski definition) is 4. The first-order chi connectivity index (χ1) is 12.9. The van der Waals surface area contributed by atoms with Gasteiger partial charge in [-0.25, -0.2) is 9.67 Å². The molecular weight excluding hydrogens is 340 g/mol. The zero-order chi connectivity index (χ0) is 19.3. The molecule has 3 rings (SSSR count). The highest BCUT2D eigenvalue weighted by Gasteiger charge is 2.13. The lowest BCUT2D eigenvalue weighted by Gasteiger charge is -2.16. The molecule has 6 nitrogen and oxygen atoms in total. The molecule has 0 fully saturated rings. The Morgan fingerprint density at radius 3 is 2.59 bits per heavy atom. The van der Waals surface area contributed by atoms with Crippen LogP contribution < -0.4 is 5.32 Å². The van der Waals surface area contributed by atoms with Crippen molar-refractivity contribution in [2.75, 3.05) is 0 Å². The summed E-state index contributed by atoms with van der Waals surface area (Å²) >= 11 is 0. The molecule has 6 heteroatoms. The van der Waals surface area contributed by atoms with Crippen LogP contribution in [0.2, 0.25) is 0 Å². The molecule has 27 heavy (non-hydrogen) atoms. The van der Waals surface area contributed by atoms with Crippen LogP contribution in [0, 0.1) is 0 Å². The lowest BCUT2D eigenvalue weighted by atomic mass is 9.98. The highest BCUT2D eigenvalue weighted by atomic mass is 16.3. The number of carbonyl (C=O) groups is 1. The third-order valence-electron chi connectivity index (χ3n) is 4.29. The van der Waals surface area contributed by atoms with Crippen LogP contribution >= 0.6 is 0 Å². The zero-order valence-corrected chi connectivity index (χ0v) is 15.6. The monoisotopic (exact) mass is 364 g/mol. The van der Waals surface area contributed by atoms with Crippen LogP contribution in [0.1, 0.15) is 41.8 Å². The van der Waals surface area contributed by atoms with Gasteiger partial charge in [-0.05, 0) is 62.1 Å². The van der Waals surface area contributed by atoms with Crippen molar-refractivity contribution in [2.24, 2.45) is 0 Å². The molecule has 1 heterocycles. The first-order valence-corrected chi connectivity index (χ1v) is 8.94. The summed E-state index contributed by atoms with van der Waals surface area (Å²) in [5.41, 5.74) is 2.88. The largest absolute Gasteiger partial charge is 0.390 e. The average Bonchev–Trinajstić information content (AvgIpc) is 3.19. The number of amides is 1. The van der Waals surface area contributed by atoms with Gasteiger partial charge >= 0.3 is 0 Å². The Bertz CT molecular complexity index is 881. The van der Waals surface area contributed by atoms with Gasteiger partial charge in [-0.15, -0.1) is 0 Å². The summed E-state index contributed by atoms with van der Waals surface area (Å²) in [6, 6.07) is 15.3. The van der Waals surface area contributed by atoms with Crippen molar-refractivity contribution in [3.63, 3.8) is 0 Å². The molecule has 140 valence electrons. The number of aliphatic hydroxyl groups is 1. The predicted octanol–water partition coefficient (Wildman–Crippen LogP) is 2.90. The Hall–Kier alpha value is -2.99. The molecule has 0 saturated carbocycles. The van der Waals surface area contributed by atoms with Gasteiger partial charge < -0.3 is 10.4 Å². The van der Waals surface area contributed by atoms with Crippen molar-refractivity contribution in [1.29, 1.82) is 0 Å². The third kappa shape index (κ3) is 5.49. The number of benzene rings is 2. The van der Waals surface area contributed by atoms with Gasteiger partial charge in [-0.1, -0.05) is 24.3 Å². The quantitative estimate of drug-likeness (QED) is 0.676. The highest BCUT2D eigenvalue weighted by molar-refractivity contribution is 5.94. The molecule has 0 unspecified atom stereocenters. The van der Waals surface area contributed by atoms with Crippen molar-refractivity contribution in [2.45, 2.75) is 38.8 Å². The topological polar surface area (TPSA) is 80.0 Å². The Kier molecular flexibility index (Phi) is 5.66. The van der Waals surface area contributed by atoms with E-state index < -0.39 is 5.60 Å². The van der Waals surface area contributed by atoms with Gasteiger partial charge in [0.15, 0.2) is 0 Å². The molecule has 0 spiro atoms. The maximum absolute atomic E-state index is 12.4. The van der Waals surface area contributed by atoms with Crippen molar-refractivity contribution in [3.8, 4) is 5.69 Å². The fourth-order valence-electron chi connectivity index (χ4n) is 2.71. The third-order valence-corrected chi connectivity index (χ3v) is 4.29. The molecule has 1 aromatic heterocycles. The van der Waals surface area contributed by atoms with E-state index in [2.05, 4.69) is 15.4 Å². The number of nitrogens with one attached hydrogen (secondary N) is 1. The van der Waals surface area contributed by atoms with Crippen LogP contribution in [-0.2, 0) is 13.0 Å². The summed E-state index contributed by atoms with van der Waals surface area (Å²) in [5, 5.41) is 16.9. The summed E-state index contributed by atoms with van der Waals surface area (Å²) < 4.78 is 1.68. The first kappa shape index (κ1) is 18.8. The van der Waals surface area contributed by atoms with E-state index in [0.717, 1.165) is 23.2 Å². The molecule has 0 saturated heterocycles. The zero-order valence-electron chi connectivity index (χ0n) is 15.6. The summed E-state index contributed by atoms with van der Waals surface area (Å²) in [7, 11) is 0. The van der Waals surface area contributed by atoms with Crippen LogP contribution in [0.4, 0.5) is 0 Å². The maximum Gasteiger partial charge on any atom is 0.251 e. The van der Waals surface area contributed by atoms with Gasteiger partial charge in [0, 0.05) is 12.1 Å². The Morgan fingerprint density at radius 1 is 1.15 bits per heavy atom. The minimum absolute atomic E-state index is 0.111. The lowest BCUT2D eigenvalue weighted by molar-refractivity contribution is 0.0714. The van der Waals surface area contributed by atoms with Crippen molar-refractivity contribution >= 4 is 5.91 Å². The predicted molar refractivity (Wildman–Crippen MR) is 104 cm³/mol. The first-order valence-electron chi connectivity index (χ1n) is 8.94. The summed E-state index contributed by atoms with van der Waals surface area (Å²) in [5.74, 6) is -0.111. The highest BCUT2D eigenvalue weighted by Crippen LogP contribution is 2.14. The van der Waals surface area contributed by atoms with Gasteiger partial charge in [-0.2, -0.15) is 5.10 Å². The summed E-state index contributed by atoms with van der Waals surface area (Å²) in [6.45, 7) is 4.03. The SMILES string of the molecule is CC(C)(O)CCc1cccc(C(=O)NCc2ccc(-n3cncn3)cc2)c1. The number of hydrogen-bond donors (Lipinski definition) is 2. The molecular formula is C21H24N4O2. The minimum Gasteiger partial charge on any atom is -0.390 e. The van der Waals surface area contributed by atoms with Gasteiger partial charge in [0.25, 0.3) is 5.91 Å². The van der Waals surface area contributed by atoms with Crippen molar-refractivity contribution < 1.29 is 9.90 Å². The minimum atomic E-state index is -0.712. The summed E-state index contributed by atoms with van der Waals surface area (Å²) in [4.78, 5) is 16.4. The number of aryl methyl sites for hydroxylation is 1. The fourth-order valence-corrected chi connectivity index (χ4v) is 2.71. The van der Waals surface area contributed by atoms with E-state index in [1.165, 1.54) is 6.33 Å². The van der Waals surface area contributed by atoms with Gasteiger partial charge in [0.05, 0.1) is 11.3 Å². The molecule has 2 aromatic carbocycles. The number of aromatic nitrogens is 3. The van der Waals surface area contributed by atoms with Gasteiger partial charge in [0.2, 0.25) is 0 Å². The lowest BCUT2D eigenvalue weighted by Crippen LogP contribution is -2.23. The Morgan fingerprint density at radius 2 is 1.93 bits per heavy atom. The maximum atomic E-state index is 12.4. The normalized spacial score (nSPS) is 11.4. The Balaban J connectivity index is 1.57. The van der Waals surface area contributed by atoms with E-state index in [1.54, 1.807) is 30.9 Å². The Labute approximate surface area is 158 Å². The van der Waals surface area contributed by atoms with E-state index in [4.69, 9.17) is 0 Å². The number of rotatable bonds is 7. The van der Waals surface area contributed by atoms with E-state index in [1.807, 2.05) is 42.5 Å². The van der Waals surface area contributed by atoms with Gasteiger partial charge in [-0.3, -0.25) is 4.79 Å². The van der Waals surface area contributed by atoms with Crippen LogP contribution in [0.3, 0.4) is 0 Å². The van der Waals surface area contributed by atoms with Crippen LogP contribution in [0.15, 0.2) is 61.2 Å². The molecule has 2 N–H and O–H groups in total. The molecule has 0 aliphatic heterocycles. The molecule has 0 radical (unpaired) electrons. The second kappa shape index (κ2) is 8.14. The second-order valence-corrected chi connectivity index (χ2v) is 7.20. The van der Waals surface area contributed by atoms with Crippen molar-refractivity contribution in [3.05, 3.63) is 77.9 Å². The van der Waals surface area contributed by atoms with Crippen LogP contribution in [0.5, 0.6) is 0 Å². The molecule has 3 aromatic rings. The fraction of sp³-hybridized carbons (Fsp3) is 0.286. The number of carbonyl (C=O) groups excluding carboxylic acids is 1. The molecule has 0 aliphatic rings. The standard InChI is InChI=1S/C21H24N4O2/c1-21(2,27)11-10-16-4-3-5-18(12-16)20(26)23-13-17-6-8-19(9-7-17)25-15-22-14-24-25/h3-9,12,14-15,27H,10-11,13H2,1-2H3,(H,23,26). The van der Waals surface area contributed by atoms with Crippen LogP contribution in [-0.4, -0.2) is 31.4 Å². The van der Waals surface area contributed by atoms with Gasteiger partial charge in [0.1, 0.15) is 12.7 Å². The molecule has 0 aliphatic carbocycles. The van der Waals surface area contributed by atoms with E-state index in [0.29, 0.717) is 18.5 Å². The summed E-state index contributed by atoms with van der Waals surface area (Å²) in [6.07, 6.45) is 4.51. The van der Waals surface area contributed by atoms with E-state index in [9.17, 15) is 9.90 Å². The average molecular weight is 364 g/mol. The molecule has 1 amide bonds.